The minimum Gasteiger partial charge on any atom is -0.478 e. The Balaban J connectivity index is 3.25. The third-order valence-corrected chi connectivity index (χ3v) is 3.74. The lowest BCUT2D eigenvalue weighted by molar-refractivity contribution is 0.0695. The SMILES string of the molecule is CCc1ccc(S(=O)(=O)NCC#N)cc1C(=O)O. The maximum Gasteiger partial charge on any atom is 0.336 e. The number of aromatic carboxylic acids is 1. The van der Waals surface area contributed by atoms with Crippen LogP contribution in [-0.2, 0) is 16.4 Å². The van der Waals surface area contributed by atoms with Crippen LogP contribution in [0.3, 0.4) is 0 Å². The van der Waals surface area contributed by atoms with Crippen LogP contribution < -0.4 is 4.72 Å². The first-order chi connectivity index (χ1) is 8.42. The van der Waals surface area contributed by atoms with Crippen molar-refractivity contribution in [3.05, 3.63) is 29.3 Å². The van der Waals surface area contributed by atoms with Crippen molar-refractivity contribution in [1.29, 1.82) is 5.26 Å². The first kappa shape index (κ1) is 14.2. The van der Waals surface area contributed by atoms with Crippen LogP contribution in [0, 0.1) is 11.3 Å². The number of rotatable bonds is 5. The van der Waals surface area contributed by atoms with Crippen molar-refractivity contribution in [3.63, 3.8) is 0 Å². The quantitative estimate of drug-likeness (QED) is 0.766. The zero-order valence-corrected chi connectivity index (χ0v) is 10.5. The maximum atomic E-state index is 11.7. The average Bonchev–Trinajstić information content (AvgIpc) is 2.35. The molecule has 0 fully saturated rings. The largest absolute Gasteiger partial charge is 0.478 e. The number of carboxylic acids is 1. The highest BCUT2D eigenvalue weighted by Crippen LogP contribution is 2.16. The molecule has 0 radical (unpaired) electrons. The molecule has 0 spiro atoms. The Hall–Kier alpha value is -1.91. The molecule has 0 bridgehead atoms. The van der Waals surface area contributed by atoms with Gasteiger partial charge in [0, 0.05) is 0 Å². The van der Waals surface area contributed by atoms with Crippen molar-refractivity contribution in [2.75, 3.05) is 6.54 Å². The van der Waals surface area contributed by atoms with E-state index in [1.165, 1.54) is 12.1 Å². The van der Waals surface area contributed by atoms with Gasteiger partial charge in [-0.15, -0.1) is 0 Å². The molecule has 7 heteroatoms. The van der Waals surface area contributed by atoms with E-state index in [-0.39, 0.29) is 17.0 Å². The van der Waals surface area contributed by atoms with E-state index in [1.807, 2.05) is 4.72 Å². The Morgan fingerprint density at radius 3 is 2.67 bits per heavy atom. The number of sulfonamides is 1. The molecule has 0 atom stereocenters. The number of carbonyl (C=O) groups is 1. The number of benzene rings is 1. The second kappa shape index (κ2) is 5.62. The van der Waals surface area contributed by atoms with E-state index >= 15 is 0 Å². The molecule has 0 aliphatic heterocycles. The molecule has 0 unspecified atom stereocenters. The van der Waals surface area contributed by atoms with Crippen LogP contribution in [0.4, 0.5) is 0 Å². The Morgan fingerprint density at radius 2 is 2.17 bits per heavy atom. The normalized spacial score (nSPS) is 10.9. The fourth-order valence-corrected chi connectivity index (χ4v) is 2.38. The Kier molecular flexibility index (Phi) is 4.42. The first-order valence-electron chi connectivity index (χ1n) is 5.15. The van der Waals surface area contributed by atoms with E-state index in [2.05, 4.69) is 0 Å². The lowest BCUT2D eigenvalue weighted by Crippen LogP contribution is -2.24. The smallest absolute Gasteiger partial charge is 0.336 e. The summed E-state index contributed by atoms with van der Waals surface area (Å²) in [5.41, 5.74) is 0.513. The molecule has 2 N–H and O–H groups in total. The van der Waals surface area contributed by atoms with Gasteiger partial charge in [-0.05, 0) is 24.1 Å². The van der Waals surface area contributed by atoms with Gasteiger partial charge in [0.25, 0.3) is 0 Å². The first-order valence-corrected chi connectivity index (χ1v) is 6.63. The lowest BCUT2D eigenvalue weighted by atomic mass is 10.1. The highest BCUT2D eigenvalue weighted by atomic mass is 32.2. The highest BCUT2D eigenvalue weighted by molar-refractivity contribution is 7.89. The fourth-order valence-electron chi connectivity index (χ4n) is 1.44. The summed E-state index contributed by atoms with van der Waals surface area (Å²) in [6.45, 7) is 1.42. The number of nitrogens with zero attached hydrogens (tertiary/aromatic N) is 1. The van der Waals surface area contributed by atoms with Crippen LogP contribution in [0.1, 0.15) is 22.8 Å². The van der Waals surface area contributed by atoms with E-state index in [9.17, 15) is 13.2 Å². The van der Waals surface area contributed by atoms with Gasteiger partial charge in [-0.2, -0.15) is 9.98 Å². The van der Waals surface area contributed by atoms with Crippen LogP contribution in [-0.4, -0.2) is 26.0 Å². The van der Waals surface area contributed by atoms with Gasteiger partial charge in [0.2, 0.25) is 10.0 Å². The van der Waals surface area contributed by atoms with Crippen LogP contribution in [0.15, 0.2) is 23.1 Å². The number of hydrogen-bond acceptors (Lipinski definition) is 4. The van der Waals surface area contributed by atoms with E-state index in [1.54, 1.807) is 13.0 Å². The second-order valence-corrected chi connectivity index (χ2v) is 5.23. The van der Waals surface area contributed by atoms with Crippen LogP contribution >= 0.6 is 0 Å². The Labute approximate surface area is 105 Å². The summed E-state index contributed by atoms with van der Waals surface area (Å²) in [5.74, 6) is -1.18. The van der Waals surface area contributed by atoms with Crippen molar-refractivity contribution < 1.29 is 18.3 Å². The molecule has 0 aromatic heterocycles. The third-order valence-electron chi connectivity index (χ3n) is 2.34. The number of nitrogens with one attached hydrogen (secondary N) is 1. The molecule has 18 heavy (non-hydrogen) atoms. The van der Waals surface area contributed by atoms with Crippen LogP contribution in [0.5, 0.6) is 0 Å². The van der Waals surface area contributed by atoms with Gasteiger partial charge < -0.3 is 5.11 Å². The molecule has 0 aliphatic rings. The maximum absolute atomic E-state index is 11.7. The van der Waals surface area contributed by atoms with E-state index in [0.717, 1.165) is 6.07 Å². The van der Waals surface area contributed by atoms with Crippen LogP contribution in [0.25, 0.3) is 0 Å². The molecule has 96 valence electrons. The van der Waals surface area contributed by atoms with Crippen molar-refractivity contribution in [3.8, 4) is 6.07 Å². The van der Waals surface area contributed by atoms with Crippen molar-refractivity contribution in [2.24, 2.45) is 0 Å². The molecule has 0 aliphatic carbocycles. The highest BCUT2D eigenvalue weighted by Gasteiger charge is 2.17. The molecular weight excluding hydrogens is 256 g/mol. The molecule has 6 nitrogen and oxygen atoms in total. The predicted octanol–water partition coefficient (Wildman–Crippen LogP) is 0.749. The fraction of sp³-hybridized carbons (Fsp3) is 0.273. The summed E-state index contributed by atoms with van der Waals surface area (Å²) < 4.78 is 25.5. The van der Waals surface area contributed by atoms with E-state index < -0.39 is 16.0 Å². The molecule has 1 aromatic carbocycles. The molecular formula is C11H12N2O4S. The predicted molar refractivity (Wildman–Crippen MR) is 63.6 cm³/mol. The minimum atomic E-state index is -3.84. The van der Waals surface area contributed by atoms with Gasteiger partial charge in [-0.25, -0.2) is 13.2 Å². The monoisotopic (exact) mass is 268 g/mol. The summed E-state index contributed by atoms with van der Waals surface area (Å²) in [4.78, 5) is 10.8. The number of carboxylic acid groups (broad SMARTS) is 1. The standard InChI is InChI=1S/C11H12N2O4S/c1-2-8-3-4-9(7-10(8)11(14)15)18(16,17)13-6-5-12/h3-4,7,13H,2,6H2,1H3,(H,14,15). The van der Waals surface area contributed by atoms with E-state index in [0.29, 0.717) is 12.0 Å². The number of aryl methyl sites for hydroxylation is 1. The Bertz CT molecular complexity index is 602. The third kappa shape index (κ3) is 3.06. The lowest BCUT2D eigenvalue weighted by Gasteiger charge is -2.08. The Morgan fingerprint density at radius 1 is 1.50 bits per heavy atom. The molecule has 0 saturated carbocycles. The van der Waals surface area contributed by atoms with Crippen LogP contribution in [0.2, 0.25) is 0 Å². The second-order valence-electron chi connectivity index (χ2n) is 3.46. The van der Waals surface area contributed by atoms with Crippen molar-refractivity contribution in [1.82, 2.24) is 4.72 Å². The minimum absolute atomic E-state index is 0.0441. The number of hydrogen-bond donors (Lipinski definition) is 2. The summed E-state index contributed by atoms with van der Waals surface area (Å²) in [6, 6.07) is 5.53. The van der Waals surface area contributed by atoms with Gasteiger partial charge in [0.15, 0.2) is 0 Å². The molecule has 0 heterocycles. The summed E-state index contributed by atoms with van der Waals surface area (Å²) >= 11 is 0. The summed E-state index contributed by atoms with van der Waals surface area (Å²) in [7, 11) is -3.84. The van der Waals surface area contributed by atoms with Crippen molar-refractivity contribution >= 4 is 16.0 Å². The molecule has 1 rings (SSSR count). The van der Waals surface area contributed by atoms with Gasteiger partial charge >= 0.3 is 5.97 Å². The number of nitriles is 1. The van der Waals surface area contributed by atoms with Gasteiger partial charge in [-0.3, -0.25) is 0 Å². The van der Waals surface area contributed by atoms with Gasteiger partial charge in [-0.1, -0.05) is 13.0 Å². The molecule has 0 saturated heterocycles. The van der Waals surface area contributed by atoms with Crippen molar-refractivity contribution in [2.45, 2.75) is 18.2 Å². The molecule has 0 amide bonds. The summed E-state index contributed by atoms with van der Waals surface area (Å²) in [5, 5.41) is 17.3. The summed E-state index contributed by atoms with van der Waals surface area (Å²) in [6.07, 6.45) is 0.494. The van der Waals surface area contributed by atoms with Gasteiger partial charge in [0.05, 0.1) is 23.1 Å². The van der Waals surface area contributed by atoms with E-state index in [4.69, 9.17) is 10.4 Å². The molecule has 1 aromatic rings. The average molecular weight is 268 g/mol. The zero-order valence-electron chi connectivity index (χ0n) is 9.67. The topological polar surface area (TPSA) is 107 Å². The zero-order chi connectivity index (χ0) is 13.8. The van der Waals surface area contributed by atoms with Gasteiger partial charge in [0.1, 0.15) is 0 Å².